The zero-order chi connectivity index (χ0) is 14.8. The van der Waals surface area contributed by atoms with Gasteiger partial charge in [0.05, 0.1) is 30.0 Å². The lowest BCUT2D eigenvalue weighted by Gasteiger charge is -2.08. The molecule has 2 aromatic rings. The van der Waals surface area contributed by atoms with Crippen molar-refractivity contribution in [3.63, 3.8) is 0 Å². The second-order valence-electron chi connectivity index (χ2n) is 4.55. The third-order valence-electron chi connectivity index (χ3n) is 2.97. The molecule has 0 fully saturated rings. The van der Waals surface area contributed by atoms with Gasteiger partial charge in [0.25, 0.3) is 0 Å². The summed E-state index contributed by atoms with van der Waals surface area (Å²) in [6.07, 6.45) is -1.95. The van der Waals surface area contributed by atoms with Crippen molar-refractivity contribution in [2.24, 2.45) is 5.73 Å². The third kappa shape index (κ3) is 3.36. The Morgan fingerprint density at radius 2 is 2.10 bits per heavy atom. The zero-order valence-corrected chi connectivity index (χ0v) is 10.9. The highest BCUT2D eigenvalue weighted by molar-refractivity contribution is 5.25. The monoisotopic (exact) mass is 284 g/mol. The molecule has 2 N–H and O–H groups in total. The molecule has 1 unspecified atom stereocenters. The van der Waals surface area contributed by atoms with Crippen molar-refractivity contribution in [1.82, 2.24) is 15.0 Å². The van der Waals surface area contributed by atoms with E-state index in [-0.39, 0.29) is 12.6 Å². The van der Waals surface area contributed by atoms with Crippen molar-refractivity contribution in [1.29, 1.82) is 0 Å². The zero-order valence-electron chi connectivity index (χ0n) is 10.9. The van der Waals surface area contributed by atoms with Gasteiger partial charge in [-0.2, -0.15) is 13.2 Å². The van der Waals surface area contributed by atoms with Crippen LogP contribution in [0.25, 0.3) is 0 Å². The van der Waals surface area contributed by atoms with Crippen LogP contribution in [0.5, 0.6) is 0 Å². The minimum absolute atomic E-state index is 0.203. The number of nitrogens with two attached hydrogens (primary N) is 1. The topological polar surface area (TPSA) is 56.7 Å². The van der Waals surface area contributed by atoms with Crippen molar-refractivity contribution in [3.8, 4) is 0 Å². The van der Waals surface area contributed by atoms with Crippen LogP contribution in [-0.2, 0) is 12.7 Å². The molecule has 0 spiro atoms. The molecule has 2 rings (SSSR count). The summed E-state index contributed by atoms with van der Waals surface area (Å²) in [4.78, 5) is 0. The van der Waals surface area contributed by atoms with Crippen LogP contribution in [0, 0.1) is 0 Å². The van der Waals surface area contributed by atoms with Crippen LogP contribution in [-0.4, -0.2) is 15.0 Å². The highest BCUT2D eigenvalue weighted by Crippen LogP contribution is 2.29. The highest BCUT2D eigenvalue weighted by Gasteiger charge is 2.30. The molecule has 0 radical (unpaired) electrons. The average molecular weight is 284 g/mol. The molecule has 0 aliphatic heterocycles. The standard InChI is InChI=1S/C13H15F3N4/c1-2-11(17)12-8-20(19-18-12)7-9-4-3-5-10(6-9)13(14,15)16/h3-6,8,11H,2,7,17H2,1H3. The van der Waals surface area contributed by atoms with E-state index >= 15 is 0 Å². The van der Waals surface area contributed by atoms with Crippen LogP contribution in [0.4, 0.5) is 13.2 Å². The third-order valence-corrected chi connectivity index (χ3v) is 2.97. The van der Waals surface area contributed by atoms with Gasteiger partial charge in [0.15, 0.2) is 0 Å². The molecule has 0 aliphatic carbocycles. The Morgan fingerprint density at radius 1 is 1.35 bits per heavy atom. The summed E-state index contributed by atoms with van der Waals surface area (Å²) in [5, 5.41) is 7.80. The minimum Gasteiger partial charge on any atom is -0.323 e. The van der Waals surface area contributed by atoms with Crippen LogP contribution in [0.3, 0.4) is 0 Å². The predicted molar refractivity (Wildman–Crippen MR) is 67.8 cm³/mol. The first-order valence-electron chi connectivity index (χ1n) is 6.22. The Morgan fingerprint density at radius 3 is 2.75 bits per heavy atom. The lowest BCUT2D eigenvalue weighted by molar-refractivity contribution is -0.137. The summed E-state index contributed by atoms with van der Waals surface area (Å²) in [6.45, 7) is 2.16. The second kappa shape index (κ2) is 5.62. The number of halogens is 3. The molecule has 0 saturated heterocycles. The molecule has 1 heterocycles. The Labute approximate surface area is 114 Å². The maximum atomic E-state index is 12.6. The van der Waals surface area contributed by atoms with E-state index in [0.717, 1.165) is 18.6 Å². The van der Waals surface area contributed by atoms with Gasteiger partial charge in [-0.25, -0.2) is 4.68 Å². The lowest BCUT2D eigenvalue weighted by Crippen LogP contribution is -2.09. The largest absolute Gasteiger partial charge is 0.416 e. The van der Waals surface area contributed by atoms with Gasteiger partial charge in [-0.05, 0) is 24.1 Å². The van der Waals surface area contributed by atoms with E-state index in [1.54, 1.807) is 12.3 Å². The molecule has 0 amide bonds. The summed E-state index contributed by atoms with van der Waals surface area (Å²) >= 11 is 0. The van der Waals surface area contributed by atoms with Gasteiger partial charge in [-0.3, -0.25) is 0 Å². The summed E-state index contributed by atoms with van der Waals surface area (Å²) < 4.78 is 39.3. The number of aromatic nitrogens is 3. The molecule has 108 valence electrons. The number of rotatable bonds is 4. The molecule has 0 saturated carbocycles. The van der Waals surface area contributed by atoms with E-state index in [1.165, 1.54) is 10.7 Å². The van der Waals surface area contributed by atoms with Gasteiger partial charge < -0.3 is 5.73 Å². The van der Waals surface area contributed by atoms with Crippen molar-refractivity contribution < 1.29 is 13.2 Å². The normalized spacial score (nSPS) is 13.4. The fourth-order valence-electron chi connectivity index (χ4n) is 1.80. The van der Waals surface area contributed by atoms with E-state index in [9.17, 15) is 13.2 Å². The number of nitrogens with zero attached hydrogens (tertiary/aromatic N) is 3. The van der Waals surface area contributed by atoms with Crippen LogP contribution in [0.1, 0.15) is 36.2 Å². The molecule has 0 aliphatic rings. The van der Waals surface area contributed by atoms with Gasteiger partial charge in [0.2, 0.25) is 0 Å². The molecular formula is C13H15F3N4. The van der Waals surface area contributed by atoms with Crippen LogP contribution in [0.2, 0.25) is 0 Å². The van der Waals surface area contributed by atoms with E-state index in [2.05, 4.69) is 10.3 Å². The first-order chi connectivity index (χ1) is 9.40. The predicted octanol–water partition coefficient (Wildman–Crippen LogP) is 2.76. The quantitative estimate of drug-likeness (QED) is 0.939. The Hall–Kier alpha value is -1.89. The van der Waals surface area contributed by atoms with Gasteiger partial charge in [0.1, 0.15) is 0 Å². The van der Waals surface area contributed by atoms with E-state index in [1.807, 2.05) is 6.92 Å². The average Bonchev–Trinajstić information content (AvgIpc) is 2.85. The number of hydrogen-bond donors (Lipinski definition) is 1. The van der Waals surface area contributed by atoms with E-state index in [0.29, 0.717) is 11.3 Å². The van der Waals surface area contributed by atoms with Crippen molar-refractivity contribution >= 4 is 0 Å². The fraction of sp³-hybridized carbons (Fsp3) is 0.385. The number of hydrogen-bond acceptors (Lipinski definition) is 3. The highest BCUT2D eigenvalue weighted by atomic mass is 19.4. The molecule has 0 bridgehead atoms. The van der Waals surface area contributed by atoms with Crippen LogP contribution < -0.4 is 5.73 Å². The first-order valence-corrected chi connectivity index (χ1v) is 6.22. The van der Waals surface area contributed by atoms with Crippen molar-refractivity contribution in [2.75, 3.05) is 0 Å². The molecule has 1 aromatic heterocycles. The second-order valence-corrected chi connectivity index (χ2v) is 4.55. The van der Waals surface area contributed by atoms with E-state index < -0.39 is 11.7 Å². The summed E-state index contributed by atoms with van der Waals surface area (Å²) in [5.41, 5.74) is 6.31. The molecule has 1 atom stereocenters. The molecule has 1 aromatic carbocycles. The number of benzene rings is 1. The molecule has 20 heavy (non-hydrogen) atoms. The van der Waals surface area contributed by atoms with Crippen molar-refractivity contribution in [3.05, 3.63) is 47.3 Å². The SMILES string of the molecule is CCC(N)c1cn(Cc2cccc(C(F)(F)F)c2)nn1. The van der Waals surface area contributed by atoms with Crippen LogP contribution >= 0.6 is 0 Å². The van der Waals surface area contributed by atoms with Gasteiger partial charge >= 0.3 is 6.18 Å². The minimum atomic E-state index is -4.34. The summed E-state index contributed by atoms with van der Waals surface area (Å²) in [7, 11) is 0. The maximum Gasteiger partial charge on any atom is 0.416 e. The first kappa shape index (κ1) is 14.5. The van der Waals surface area contributed by atoms with Gasteiger partial charge in [-0.1, -0.05) is 24.3 Å². The van der Waals surface area contributed by atoms with E-state index in [4.69, 9.17) is 5.73 Å². The Kier molecular flexibility index (Phi) is 4.08. The Balaban J connectivity index is 2.16. The molecule has 4 nitrogen and oxygen atoms in total. The van der Waals surface area contributed by atoms with Gasteiger partial charge in [0, 0.05) is 0 Å². The fourth-order valence-corrected chi connectivity index (χ4v) is 1.80. The molecular weight excluding hydrogens is 269 g/mol. The smallest absolute Gasteiger partial charge is 0.323 e. The summed E-state index contributed by atoms with van der Waals surface area (Å²) in [5.74, 6) is 0. The van der Waals surface area contributed by atoms with Crippen LogP contribution in [0.15, 0.2) is 30.5 Å². The lowest BCUT2D eigenvalue weighted by atomic mass is 10.1. The molecule has 7 heteroatoms. The van der Waals surface area contributed by atoms with Crippen molar-refractivity contribution in [2.45, 2.75) is 32.1 Å². The maximum absolute atomic E-state index is 12.6. The summed E-state index contributed by atoms with van der Waals surface area (Å²) in [6, 6.07) is 4.96. The van der Waals surface area contributed by atoms with Gasteiger partial charge in [-0.15, -0.1) is 5.10 Å². The number of alkyl halides is 3. The Bertz CT molecular complexity index is 577.